The zero-order chi connectivity index (χ0) is 14.5. The SMILES string of the molecule is O=C(CN1CCCCC1CO)Nc1ccc(Cl)cc1F. The van der Waals surface area contributed by atoms with Crippen LogP contribution in [0, 0.1) is 5.82 Å². The van der Waals surface area contributed by atoms with Gasteiger partial charge in [-0.2, -0.15) is 0 Å². The van der Waals surface area contributed by atoms with Gasteiger partial charge in [0.25, 0.3) is 0 Å². The second-order valence-corrected chi connectivity index (χ2v) is 5.41. The number of carbonyl (C=O) groups is 1. The monoisotopic (exact) mass is 300 g/mol. The summed E-state index contributed by atoms with van der Waals surface area (Å²) in [4.78, 5) is 13.9. The molecule has 2 rings (SSSR count). The van der Waals surface area contributed by atoms with Gasteiger partial charge < -0.3 is 10.4 Å². The van der Waals surface area contributed by atoms with E-state index < -0.39 is 5.82 Å². The number of benzene rings is 1. The first kappa shape index (κ1) is 15.2. The second kappa shape index (κ2) is 7.02. The highest BCUT2D eigenvalue weighted by molar-refractivity contribution is 6.30. The molecule has 1 amide bonds. The number of rotatable bonds is 4. The summed E-state index contributed by atoms with van der Waals surface area (Å²) in [5.74, 6) is -0.838. The Kier molecular flexibility index (Phi) is 5.34. The van der Waals surface area contributed by atoms with E-state index in [2.05, 4.69) is 5.32 Å². The van der Waals surface area contributed by atoms with Crippen LogP contribution in [-0.2, 0) is 4.79 Å². The first-order chi connectivity index (χ1) is 9.60. The van der Waals surface area contributed by atoms with Gasteiger partial charge in [-0.1, -0.05) is 18.0 Å². The molecule has 1 atom stereocenters. The van der Waals surface area contributed by atoms with Crippen LogP contribution in [0.4, 0.5) is 10.1 Å². The van der Waals surface area contributed by atoms with Crippen LogP contribution in [0.15, 0.2) is 18.2 Å². The van der Waals surface area contributed by atoms with Gasteiger partial charge in [0.05, 0.1) is 18.8 Å². The average Bonchev–Trinajstić information content (AvgIpc) is 2.42. The Hall–Kier alpha value is -1.17. The molecule has 2 N–H and O–H groups in total. The largest absolute Gasteiger partial charge is 0.395 e. The van der Waals surface area contributed by atoms with Crippen LogP contribution in [-0.4, -0.2) is 41.7 Å². The minimum atomic E-state index is -0.553. The number of hydrogen-bond acceptors (Lipinski definition) is 3. The lowest BCUT2D eigenvalue weighted by Crippen LogP contribution is -2.45. The van der Waals surface area contributed by atoms with Crippen molar-refractivity contribution in [2.24, 2.45) is 0 Å². The van der Waals surface area contributed by atoms with Crippen LogP contribution in [0.1, 0.15) is 19.3 Å². The first-order valence-corrected chi connectivity index (χ1v) is 7.08. The lowest BCUT2D eigenvalue weighted by Gasteiger charge is -2.33. The predicted octanol–water partition coefficient (Wildman–Crippen LogP) is 2.26. The zero-order valence-corrected chi connectivity index (χ0v) is 11.9. The Morgan fingerprint density at radius 1 is 1.50 bits per heavy atom. The molecule has 0 aliphatic carbocycles. The average molecular weight is 301 g/mol. The van der Waals surface area contributed by atoms with Crippen LogP contribution in [0.2, 0.25) is 5.02 Å². The fourth-order valence-electron chi connectivity index (χ4n) is 2.44. The summed E-state index contributed by atoms with van der Waals surface area (Å²) in [6, 6.07) is 4.14. The van der Waals surface area contributed by atoms with Crippen LogP contribution < -0.4 is 5.32 Å². The molecule has 20 heavy (non-hydrogen) atoms. The van der Waals surface area contributed by atoms with E-state index >= 15 is 0 Å². The third-order valence-corrected chi connectivity index (χ3v) is 3.75. The summed E-state index contributed by atoms with van der Waals surface area (Å²) in [7, 11) is 0. The number of aliphatic hydroxyl groups excluding tert-OH is 1. The Balaban J connectivity index is 1.94. The molecule has 1 aromatic rings. The van der Waals surface area contributed by atoms with Gasteiger partial charge in [-0.15, -0.1) is 0 Å². The number of carbonyl (C=O) groups excluding carboxylic acids is 1. The molecule has 0 bridgehead atoms. The summed E-state index contributed by atoms with van der Waals surface area (Å²) in [6.07, 6.45) is 2.97. The van der Waals surface area contributed by atoms with Crippen molar-refractivity contribution in [1.82, 2.24) is 4.90 Å². The lowest BCUT2D eigenvalue weighted by molar-refractivity contribution is -0.118. The second-order valence-electron chi connectivity index (χ2n) is 4.98. The number of anilines is 1. The van der Waals surface area contributed by atoms with Crippen molar-refractivity contribution in [3.05, 3.63) is 29.0 Å². The van der Waals surface area contributed by atoms with Crippen molar-refractivity contribution in [3.8, 4) is 0 Å². The van der Waals surface area contributed by atoms with Crippen molar-refractivity contribution in [2.75, 3.05) is 25.0 Å². The van der Waals surface area contributed by atoms with Gasteiger partial charge in [-0.05, 0) is 37.6 Å². The first-order valence-electron chi connectivity index (χ1n) is 6.70. The van der Waals surface area contributed by atoms with Crippen LogP contribution >= 0.6 is 11.6 Å². The van der Waals surface area contributed by atoms with Crippen molar-refractivity contribution >= 4 is 23.2 Å². The number of hydrogen-bond donors (Lipinski definition) is 2. The molecule has 4 nitrogen and oxygen atoms in total. The zero-order valence-electron chi connectivity index (χ0n) is 11.1. The third-order valence-electron chi connectivity index (χ3n) is 3.51. The van der Waals surface area contributed by atoms with Gasteiger partial charge in [0.1, 0.15) is 5.82 Å². The van der Waals surface area contributed by atoms with Gasteiger partial charge >= 0.3 is 0 Å². The molecule has 0 aromatic heterocycles. The number of piperidine rings is 1. The van der Waals surface area contributed by atoms with E-state index in [0.29, 0.717) is 0 Å². The highest BCUT2D eigenvalue weighted by atomic mass is 35.5. The maximum atomic E-state index is 13.6. The predicted molar refractivity (Wildman–Crippen MR) is 76.3 cm³/mol. The molecule has 1 saturated heterocycles. The maximum absolute atomic E-state index is 13.6. The summed E-state index contributed by atoms with van der Waals surface area (Å²) in [6.45, 7) is 0.984. The molecule has 1 aromatic carbocycles. The smallest absolute Gasteiger partial charge is 0.238 e. The van der Waals surface area contributed by atoms with Gasteiger partial charge in [0, 0.05) is 11.1 Å². The standard InChI is InChI=1S/C14H18ClFN2O2/c15-10-4-5-13(12(16)7-10)17-14(20)8-18-6-2-1-3-11(18)9-19/h4-5,7,11,19H,1-3,6,8-9H2,(H,17,20). The van der Waals surface area contributed by atoms with E-state index in [-0.39, 0.29) is 35.8 Å². The molecule has 6 heteroatoms. The molecule has 1 aliphatic heterocycles. The topological polar surface area (TPSA) is 52.6 Å². The van der Waals surface area contributed by atoms with E-state index in [1.54, 1.807) is 0 Å². The van der Waals surface area contributed by atoms with Crippen LogP contribution in [0.25, 0.3) is 0 Å². The summed E-state index contributed by atoms with van der Waals surface area (Å²) in [5.41, 5.74) is 0.122. The third kappa shape index (κ3) is 3.91. The number of nitrogens with zero attached hydrogens (tertiary/aromatic N) is 1. The number of likely N-dealkylation sites (tertiary alicyclic amines) is 1. The van der Waals surface area contributed by atoms with Gasteiger partial charge in [-0.25, -0.2) is 4.39 Å². The van der Waals surface area contributed by atoms with Crippen molar-refractivity contribution in [3.63, 3.8) is 0 Å². The molecule has 0 spiro atoms. The van der Waals surface area contributed by atoms with Crippen LogP contribution in [0.3, 0.4) is 0 Å². The maximum Gasteiger partial charge on any atom is 0.238 e. The Labute approximate surface area is 122 Å². The Morgan fingerprint density at radius 3 is 3.00 bits per heavy atom. The van der Waals surface area contributed by atoms with E-state index in [0.717, 1.165) is 31.9 Å². The molecule has 1 fully saturated rings. The molecule has 1 aliphatic rings. The van der Waals surface area contributed by atoms with E-state index in [4.69, 9.17) is 11.6 Å². The van der Waals surface area contributed by atoms with Gasteiger partial charge in [0.2, 0.25) is 5.91 Å². The summed E-state index contributed by atoms with van der Waals surface area (Å²) < 4.78 is 13.6. The fraction of sp³-hybridized carbons (Fsp3) is 0.500. The number of nitrogens with one attached hydrogen (secondary N) is 1. The highest BCUT2D eigenvalue weighted by Crippen LogP contribution is 2.20. The molecular formula is C14H18ClFN2O2. The van der Waals surface area contributed by atoms with Gasteiger partial charge in [-0.3, -0.25) is 9.69 Å². The quantitative estimate of drug-likeness (QED) is 0.897. The van der Waals surface area contributed by atoms with Crippen molar-refractivity contribution in [2.45, 2.75) is 25.3 Å². The van der Waals surface area contributed by atoms with E-state index in [1.807, 2.05) is 4.90 Å². The molecule has 1 unspecified atom stereocenters. The van der Waals surface area contributed by atoms with E-state index in [9.17, 15) is 14.3 Å². The highest BCUT2D eigenvalue weighted by Gasteiger charge is 2.23. The summed E-state index contributed by atoms with van der Waals surface area (Å²) in [5, 5.41) is 12.1. The number of halogens is 2. The summed E-state index contributed by atoms with van der Waals surface area (Å²) >= 11 is 5.66. The molecule has 1 heterocycles. The molecular weight excluding hydrogens is 283 g/mol. The normalized spacial score (nSPS) is 19.9. The number of amides is 1. The molecule has 0 saturated carbocycles. The fourth-order valence-corrected chi connectivity index (χ4v) is 2.60. The van der Waals surface area contributed by atoms with Crippen molar-refractivity contribution < 1.29 is 14.3 Å². The molecule has 110 valence electrons. The van der Waals surface area contributed by atoms with Crippen LogP contribution in [0.5, 0.6) is 0 Å². The Bertz CT molecular complexity index is 484. The van der Waals surface area contributed by atoms with Gasteiger partial charge in [0.15, 0.2) is 0 Å². The van der Waals surface area contributed by atoms with E-state index in [1.165, 1.54) is 12.1 Å². The number of aliphatic hydroxyl groups is 1. The Morgan fingerprint density at radius 2 is 2.30 bits per heavy atom. The minimum Gasteiger partial charge on any atom is -0.395 e. The minimum absolute atomic E-state index is 0.0181. The van der Waals surface area contributed by atoms with Crippen molar-refractivity contribution in [1.29, 1.82) is 0 Å². The lowest BCUT2D eigenvalue weighted by atomic mass is 10.0. The molecule has 0 radical (unpaired) electrons.